The van der Waals surface area contributed by atoms with E-state index in [1.807, 2.05) is 0 Å². The van der Waals surface area contributed by atoms with E-state index >= 15 is 0 Å². The van der Waals surface area contributed by atoms with Gasteiger partial charge in [0.2, 0.25) is 0 Å². The van der Waals surface area contributed by atoms with Gasteiger partial charge in [0.1, 0.15) is 0 Å². The molecule has 3 aliphatic carbocycles. The molecule has 0 saturated heterocycles. The molecule has 5 atom stereocenters. The average Bonchev–Trinajstić information content (AvgIpc) is 2.35. The summed E-state index contributed by atoms with van der Waals surface area (Å²) in [6.07, 6.45) is 5.88. The minimum absolute atomic E-state index is 0.291. The summed E-state index contributed by atoms with van der Waals surface area (Å²) in [4.78, 5) is 12.6. The standard InChI is InChI=1S/C18H28O/c1-11-6-8-17(4)12(2)7-9-18(5)13(3)10-14(19)15(11)16(17)18/h11-13H,6-10H2,1-5H3/t11-,12+,13+,17-,18-/m1/s1. The SMILES string of the molecule is C[C@@H]1CC[C@@]2(C)C3=C1C(=O)C[C@H](C)[C@@]3(C)CC[C@@H]2C. The monoisotopic (exact) mass is 260 g/mol. The van der Waals surface area contributed by atoms with Gasteiger partial charge >= 0.3 is 0 Å². The molecule has 0 unspecified atom stereocenters. The zero-order valence-corrected chi connectivity index (χ0v) is 13.2. The van der Waals surface area contributed by atoms with Crippen molar-refractivity contribution in [3.63, 3.8) is 0 Å². The fourth-order valence-electron chi connectivity index (χ4n) is 5.27. The third kappa shape index (κ3) is 1.56. The molecule has 0 aliphatic heterocycles. The quantitative estimate of drug-likeness (QED) is 0.613. The lowest BCUT2D eigenvalue weighted by molar-refractivity contribution is -0.120. The highest BCUT2D eigenvalue weighted by atomic mass is 16.1. The summed E-state index contributed by atoms with van der Waals surface area (Å²) in [5, 5.41) is 0. The molecule has 1 nitrogen and oxygen atoms in total. The van der Waals surface area contributed by atoms with Crippen LogP contribution in [0, 0.1) is 28.6 Å². The Bertz CT molecular complexity index is 454. The van der Waals surface area contributed by atoms with Crippen LogP contribution in [0.5, 0.6) is 0 Å². The first-order valence-electron chi connectivity index (χ1n) is 8.09. The summed E-state index contributed by atoms with van der Waals surface area (Å²) in [6, 6.07) is 0. The molecule has 0 N–H and O–H groups in total. The molecule has 3 rings (SSSR count). The van der Waals surface area contributed by atoms with Crippen LogP contribution in [0.15, 0.2) is 11.1 Å². The zero-order valence-electron chi connectivity index (χ0n) is 13.2. The van der Waals surface area contributed by atoms with Crippen LogP contribution in [-0.2, 0) is 4.79 Å². The van der Waals surface area contributed by atoms with E-state index in [-0.39, 0.29) is 0 Å². The molecule has 1 fully saturated rings. The van der Waals surface area contributed by atoms with Crippen LogP contribution in [0.4, 0.5) is 0 Å². The van der Waals surface area contributed by atoms with Crippen molar-refractivity contribution in [3.05, 3.63) is 11.1 Å². The molecule has 0 amide bonds. The van der Waals surface area contributed by atoms with Gasteiger partial charge in [-0.15, -0.1) is 0 Å². The van der Waals surface area contributed by atoms with Crippen molar-refractivity contribution in [3.8, 4) is 0 Å². The van der Waals surface area contributed by atoms with Crippen LogP contribution < -0.4 is 0 Å². The summed E-state index contributed by atoms with van der Waals surface area (Å²) in [6.45, 7) is 11.9. The van der Waals surface area contributed by atoms with E-state index in [4.69, 9.17) is 0 Å². The van der Waals surface area contributed by atoms with Gasteiger partial charge in [0.05, 0.1) is 0 Å². The van der Waals surface area contributed by atoms with Gasteiger partial charge in [-0.3, -0.25) is 4.79 Å². The predicted octanol–water partition coefficient (Wildman–Crippen LogP) is 4.76. The van der Waals surface area contributed by atoms with E-state index in [1.54, 1.807) is 5.57 Å². The Hall–Kier alpha value is -0.590. The molecule has 1 heteroatoms. The van der Waals surface area contributed by atoms with Gasteiger partial charge in [-0.25, -0.2) is 0 Å². The van der Waals surface area contributed by atoms with E-state index in [0.717, 1.165) is 12.3 Å². The third-order valence-corrected chi connectivity index (χ3v) is 7.07. The molecule has 19 heavy (non-hydrogen) atoms. The molecule has 0 heterocycles. The first-order valence-corrected chi connectivity index (χ1v) is 8.09. The summed E-state index contributed by atoms with van der Waals surface area (Å²) in [5.41, 5.74) is 3.42. The number of carbonyl (C=O) groups is 1. The predicted molar refractivity (Wildman–Crippen MR) is 78.8 cm³/mol. The second-order valence-electron chi connectivity index (χ2n) is 8.03. The van der Waals surface area contributed by atoms with Crippen molar-refractivity contribution >= 4 is 5.78 Å². The van der Waals surface area contributed by atoms with Crippen molar-refractivity contribution in [2.24, 2.45) is 28.6 Å². The Kier molecular flexibility index (Phi) is 2.79. The number of ketones is 1. The highest BCUT2D eigenvalue weighted by Gasteiger charge is 2.56. The molecule has 0 aromatic rings. The first kappa shape index (κ1) is 13.4. The second kappa shape index (κ2) is 3.96. The maximum atomic E-state index is 12.6. The van der Waals surface area contributed by atoms with Gasteiger partial charge in [0.15, 0.2) is 5.78 Å². The molecule has 106 valence electrons. The van der Waals surface area contributed by atoms with Crippen molar-refractivity contribution < 1.29 is 4.79 Å². The molecule has 0 aromatic heterocycles. The van der Waals surface area contributed by atoms with Gasteiger partial charge in [0.25, 0.3) is 0 Å². The number of Topliss-reactive ketones (excluding diaryl/α,β-unsaturated/α-hetero) is 1. The Morgan fingerprint density at radius 2 is 1.53 bits per heavy atom. The molecule has 0 radical (unpaired) electrons. The van der Waals surface area contributed by atoms with Gasteiger partial charge in [-0.2, -0.15) is 0 Å². The minimum atomic E-state index is 0.291. The summed E-state index contributed by atoms with van der Waals surface area (Å²) < 4.78 is 0. The topological polar surface area (TPSA) is 17.1 Å². The van der Waals surface area contributed by atoms with E-state index < -0.39 is 0 Å². The molecule has 1 saturated carbocycles. The highest BCUT2D eigenvalue weighted by Crippen LogP contribution is 2.64. The van der Waals surface area contributed by atoms with E-state index in [0.29, 0.717) is 28.4 Å². The Morgan fingerprint density at radius 3 is 2.21 bits per heavy atom. The summed E-state index contributed by atoms with van der Waals surface area (Å²) >= 11 is 0. The number of rotatable bonds is 0. The van der Waals surface area contributed by atoms with E-state index in [2.05, 4.69) is 34.6 Å². The summed E-state index contributed by atoms with van der Waals surface area (Å²) in [5.74, 6) is 2.22. The lowest BCUT2D eigenvalue weighted by Crippen LogP contribution is -2.51. The Labute approximate surface area is 117 Å². The van der Waals surface area contributed by atoms with Crippen molar-refractivity contribution in [2.45, 2.75) is 66.7 Å². The largest absolute Gasteiger partial charge is 0.295 e. The maximum Gasteiger partial charge on any atom is 0.159 e. The van der Waals surface area contributed by atoms with Crippen molar-refractivity contribution in [2.75, 3.05) is 0 Å². The molecule has 0 spiro atoms. The van der Waals surface area contributed by atoms with Crippen LogP contribution in [-0.4, -0.2) is 5.78 Å². The van der Waals surface area contributed by atoms with Crippen LogP contribution in [0.25, 0.3) is 0 Å². The Balaban J connectivity index is 2.26. The Morgan fingerprint density at radius 1 is 0.947 bits per heavy atom. The third-order valence-electron chi connectivity index (χ3n) is 7.07. The van der Waals surface area contributed by atoms with E-state index in [9.17, 15) is 4.79 Å². The lowest BCUT2D eigenvalue weighted by Gasteiger charge is -2.59. The molecule has 0 bridgehead atoms. The zero-order chi connectivity index (χ0) is 14.0. The minimum Gasteiger partial charge on any atom is -0.295 e. The van der Waals surface area contributed by atoms with Crippen LogP contribution in [0.2, 0.25) is 0 Å². The van der Waals surface area contributed by atoms with Crippen molar-refractivity contribution in [1.82, 2.24) is 0 Å². The smallest absolute Gasteiger partial charge is 0.159 e. The number of carbonyl (C=O) groups excluding carboxylic acids is 1. The molecule has 3 aliphatic rings. The first-order chi connectivity index (χ1) is 8.80. The van der Waals surface area contributed by atoms with Gasteiger partial charge < -0.3 is 0 Å². The van der Waals surface area contributed by atoms with Crippen LogP contribution in [0.3, 0.4) is 0 Å². The maximum absolute atomic E-state index is 12.6. The van der Waals surface area contributed by atoms with Crippen molar-refractivity contribution in [1.29, 1.82) is 0 Å². The van der Waals surface area contributed by atoms with Crippen LogP contribution >= 0.6 is 0 Å². The fraction of sp³-hybridized carbons (Fsp3) is 0.833. The van der Waals surface area contributed by atoms with E-state index in [1.165, 1.54) is 31.3 Å². The number of hydrogen-bond donors (Lipinski definition) is 0. The fourth-order valence-corrected chi connectivity index (χ4v) is 5.27. The van der Waals surface area contributed by atoms with Gasteiger partial charge in [-0.1, -0.05) is 40.2 Å². The lowest BCUT2D eigenvalue weighted by atomic mass is 9.45. The second-order valence-corrected chi connectivity index (χ2v) is 8.03. The summed E-state index contributed by atoms with van der Waals surface area (Å²) in [7, 11) is 0. The number of allylic oxidation sites excluding steroid dienone is 2. The van der Waals surface area contributed by atoms with Crippen LogP contribution in [0.1, 0.15) is 66.7 Å². The molecular formula is C18H28O. The van der Waals surface area contributed by atoms with Gasteiger partial charge in [0, 0.05) is 6.42 Å². The number of hydrogen-bond acceptors (Lipinski definition) is 1. The molecule has 0 aromatic carbocycles. The highest BCUT2D eigenvalue weighted by molar-refractivity contribution is 5.98. The van der Waals surface area contributed by atoms with Gasteiger partial charge in [-0.05, 0) is 59.8 Å². The molecular weight excluding hydrogens is 232 g/mol. The normalized spacial score (nSPS) is 50.2. The average molecular weight is 260 g/mol.